The van der Waals surface area contributed by atoms with Crippen LogP contribution >= 0.6 is 0 Å². The van der Waals surface area contributed by atoms with E-state index < -0.39 is 11.5 Å². The Morgan fingerprint density at radius 1 is 1.69 bits per heavy atom. The Hall–Kier alpha value is -1.29. The minimum Gasteiger partial charge on any atom is -0.480 e. The standard InChI is InChI=1S/C12H19NO3/c1-4-7-12(3,11(14)15)13-9(2)10-6-5-8-16-10/h5-6,8-9,13H,4,7H2,1-3H3,(H,14,15). The maximum Gasteiger partial charge on any atom is 0.323 e. The average Bonchev–Trinajstić information content (AvgIpc) is 2.70. The topological polar surface area (TPSA) is 62.5 Å². The summed E-state index contributed by atoms with van der Waals surface area (Å²) < 4.78 is 5.24. The molecule has 2 atom stereocenters. The highest BCUT2D eigenvalue weighted by Gasteiger charge is 2.33. The van der Waals surface area contributed by atoms with Crippen LogP contribution in [-0.2, 0) is 4.79 Å². The van der Waals surface area contributed by atoms with E-state index in [1.807, 2.05) is 19.9 Å². The summed E-state index contributed by atoms with van der Waals surface area (Å²) in [5.74, 6) is -0.0728. The van der Waals surface area contributed by atoms with Crippen LogP contribution in [0.3, 0.4) is 0 Å². The van der Waals surface area contributed by atoms with Gasteiger partial charge in [-0.05, 0) is 32.4 Å². The molecule has 0 spiro atoms. The summed E-state index contributed by atoms with van der Waals surface area (Å²) >= 11 is 0. The maximum atomic E-state index is 11.2. The third-order valence-electron chi connectivity index (χ3n) is 2.73. The van der Waals surface area contributed by atoms with Crippen molar-refractivity contribution in [2.45, 2.75) is 45.2 Å². The van der Waals surface area contributed by atoms with E-state index in [-0.39, 0.29) is 6.04 Å². The summed E-state index contributed by atoms with van der Waals surface area (Å²) in [5.41, 5.74) is -0.902. The fourth-order valence-electron chi connectivity index (χ4n) is 1.83. The molecule has 0 aliphatic carbocycles. The summed E-state index contributed by atoms with van der Waals surface area (Å²) in [6, 6.07) is 3.53. The van der Waals surface area contributed by atoms with E-state index in [1.54, 1.807) is 19.3 Å². The Labute approximate surface area is 95.7 Å². The number of aliphatic carboxylic acids is 1. The zero-order valence-corrected chi connectivity index (χ0v) is 9.99. The summed E-state index contributed by atoms with van der Waals surface area (Å²) in [4.78, 5) is 11.2. The zero-order chi connectivity index (χ0) is 12.2. The van der Waals surface area contributed by atoms with Crippen molar-refractivity contribution in [3.8, 4) is 0 Å². The molecule has 0 aliphatic heterocycles. The Balaban J connectivity index is 2.72. The molecule has 0 fully saturated rings. The predicted octanol–water partition coefficient (Wildman–Crippen LogP) is 2.57. The number of hydrogen-bond acceptors (Lipinski definition) is 3. The highest BCUT2D eigenvalue weighted by Crippen LogP contribution is 2.20. The van der Waals surface area contributed by atoms with E-state index in [4.69, 9.17) is 4.42 Å². The smallest absolute Gasteiger partial charge is 0.323 e. The molecule has 4 nitrogen and oxygen atoms in total. The van der Waals surface area contributed by atoms with Crippen molar-refractivity contribution in [3.05, 3.63) is 24.2 Å². The van der Waals surface area contributed by atoms with Crippen LogP contribution in [0.1, 0.15) is 45.4 Å². The van der Waals surface area contributed by atoms with Crippen molar-refractivity contribution in [3.63, 3.8) is 0 Å². The molecule has 0 saturated carbocycles. The third kappa shape index (κ3) is 2.85. The molecule has 0 radical (unpaired) electrons. The van der Waals surface area contributed by atoms with Crippen molar-refractivity contribution in [1.82, 2.24) is 5.32 Å². The predicted molar refractivity (Wildman–Crippen MR) is 61.2 cm³/mol. The largest absolute Gasteiger partial charge is 0.480 e. The minimum absolute atomic E-state index is 0.109. The van der Waals surface area contributed by atoms with Crippen molar-refractivity contribution >= 4 is 5.97 Å². The van der Waals surface area contributed by atoms with E-state index in [9.17, 15) is 9.90 Å². The van der Waals surface area contributed by atoms with Gasteiger partial charge in [-0.1, -0.05) is 13.3 Å². The summed E-state index contributed by atoms with van der Waals surface area (Å²) in [5, 5.41) is 12.3. The first-order valence-corrected chi connectivity index (χ1v) is 5.54. The van der Waals surface area contributed by atoms with Gasteiger partial charge in [-0.25, -0.2) is 0 Å². The van der Waals surface area contributed by atoms with Crippen molar-refractivity contribution in [2.75, 3.05) is 0 Å². The van der Waals surface area contributed by atoms with Crippen LogP contribution < -0.4 is 5.32 Å². The summed E-state index contributed by atoms with van der Waals surface area (Å²) in [6.07, 6.45) is 3.00. The number of carboxylic acids is 1. The molecule has 0 bridgehead atoms. The molecule has 0 aromatic carbocycles. The van der Waals surface area contributed by atoms with Gasteiger partial charge in [-0.15, -0.1) is 0 Å². The second-order valence-electron chi connectivity index (χ2n) is 4.27. The van der Waals surface area contributed by atoms with Gasteiger partial charge in [0.15, 0.2) is 0 Å². The molecule has 1 rings (SSSR count). The van der Waals surface area contributed by atoms with Crippen LogP contribution in [-0.4, -0.2) is 16.6 Å². The molecule has 0 saturated heterocycles. The normalized spacial score (nSPS) is 16.7. The second-order valence-corrected chi connectivity index (χ2v) is 4.27. The Bertz CT molecular complexity index is 334. The summed E-state index contributed by atoms with van der Waals surface area (Å²) in [7, 11) is 0. The Morgan fingerprint density at radius 3 is 2.81 bits per heavy atom. The van der Waals surface area contributed by atoms with Gasteiger partial charge in [0.05, 0.1) is 12.3 Å². The maximum absolute atomic E-state index is 11.2. The number of hydrogen-bond donors (Lipinski definition) is 2. The van der Waals surface area contributed by atoms with Crippen molar-refractivity contribution in [1.29, 1.82) is 0 Å². The highest BCUT2D eigenvalue weighted by atomic mass is 16.4. The fourth-order valence-corrected chi connectivity index (χ4v) is 1.83. The quantitative estimate of drug-likeness (QED) is 0.781. The molecule has 1 aromatic heterocycles. The molecule has 16 heavy (non-hydrogen) atoms. The van der Waals surface area contributed by atoms with Gasteiger partial charge in [0.2, 0.25) is 0 Å². The molecular formula is C12H19NO3. The lowest BCUT2D eigenvalue weighted by Crippen LogP contribution is -2.50. The first-order chi connectivity index (χ1) is 7.49. The zero-order valence-electron chi connectivity index (χ0n) is 9.99. The lowest BCUT2D eigenvalue weighted by molar-refractivity contribution is -0.144. The monoisotopic (exact) mass is 225 g/mol. The van der Waals surface area contributed by atoms with Crippen LogP contribution in [0, 0.1) is 0 Å². The molecule has 2 N–H and O–H groups in total. The first-order valence-electron chi connectivity index (χ1n) is 5.54. The van der Waals surface area contributed by atoms with E-state index in [0.29, 0.717) is 6.42 Å². The second kappa shape index (κ2) is 5.16. The van der Waals surface area contributed by atoms with Gasteiger partial charge in [0, 0.05) is 0 Å². The Morgan fingerprint density at radius 2 is 2.38 bits per heavy atom. The van der Waals surface area contributed by atoms with Crippen LogP contribution in [0.15, 0.2) is 22.8 Å². The molecule has 2 unspecified atom stereocenters. The van der Waals surface area contributed by atoms with Crippen LogP contribution in [0.2, 0.25) is 0 Å². The van der Waals surface area contributed by atoms with Gasteiger partial charge < -0.3 is 9.52 Å². The Kier molecular flexibility index (Phi) is 4.12. The fraction of sp³-hybridized carbons (Fsp3) is 0.583. The molecule has 1 heterocycles. The number of carboxylic acid groups (broad SMARTS) is 1. The van der Waals surface area contributed by atoms with Crippen molar-refractivity contribution < 1.29 is 14.3 Å². The van der Waals surface area contributed by atoms with Gasteiger partial charge in [0.1, 0.15) is 11.3 Å². The lowest BCUT2D eigenvalue weighted by atomic mass is 9.95. The summed E-state index contributed by atoms with van der Waals surface area (Å²) in [6.45, 7) is 5.58. The van der Waals surface area contributed by atoms with Gasteiger partial charge in [-0.2, -0.15) is 0 Å². The number of furan rings is 1. The highest BCUT2D eigenvalue weighted by molar-refractivity contribution is 5.78. The van der Waals surface area contributed by atoms with E-state index >= 15 is 0 Å². The van der Waals surface area contributed by atoms with Crippen LogP contribution in [0.25, 0.3) is 0 Å². The van der Waals surface area contributed by atoms with E-state index in [0.717, 1.165) is 12.2 Å². The molecular weight excluding hydrogens is 206 g/mol. The SMILES string of the molecule is CCCC(C)(NC(C)c1ccco1)C(=O)O. The van der Waals surface area contributed by atoms with E-state index in [2.05, 4.69) is 5.32 Å². The van der Waals surface area contributed by atoms with E-state index in [1.165, 1.54) is 0 Å². The molecule has 0 amide bonds. The first kappa shape index (κ1) is 12.8. The molecule has 4 heteroatoms. The van der Waals surface area contributed by atoms with Gasteiger partial charge in [0.25, 0.3) is 0 Å². The van der Waals surface area contributed by atoms with Crippen LogP contribution in [0.5, 0.6) is 0 Å². The lowest BCUT2D eigenvalue weighted by Gasteiger charge is -2.28. The minimum atomic E-state index is -0.902. The average molecular weight is 225 g/mol. The molecule has 0 aliphatic rings. The number of carbonyl (C=O) groups is 1. The van der Waals surface area contributed by atoms with Crippen LogP contribution in [0.4, 0.5) is 0 Å². The number of nitrogens with one attached hydrogen (secondary N) is 1. The third-order valence-corrected chi connectivity index (χ3v) is 2.73. The van der Waals surface area contributed by atoms with Gasteiger partial charge in [-0.3, -0.25) is 10.1 Å². The molecule has 1 aromatic rings. The number of rotatable bonds is 6. The van der Waals surface area contributed by atoms with Crippen molar-refractivity contribution in [2.24, 2.45) is 0 Å². The molecule has 90 valence electrons. The van der Waals surface area contributed by atoms with Gasteiger partial charge >= 0.3 is 5.97 Å².